The number of allylic oxidation sites excluding steroid dienone is 2. The van der Waals surface area contributed by atoms with E-state index in [1.54, 1.807) is 45.4 Å². The third-order valence-electron chi connectivity index (χ3n) is 5.91. The second-order valence-electron chi connectivity index (χ2n) is 8.66. The fourth-order valence-corrected chi connectivity index (χ4v) is 3.88. The SMILES string of the molecule is COc1ccc(CCNC(=O)C=C(C)c2ccc3oc(C(C)=O)c(NC(=O)C(C#N)=C(C)O)c3c2)cc1OC. The van der Waals surface area contributed by atoms with Crippen molar-refractivity contribution in [3.8, 4) is 17.6 Å². The van der Waals surface area contributed by atoms with Gasteiger partial charge in [-0.3, -0.25) is 14.4 Å². The van der Waals surface area contributed by atoms with Crippen molar-refractivity contribution < 1.29 is 33.4 Å². The number of ketones is 1. The Morgan fingerprint density at radius 1 is 1.05 bits per heavy atom. The van der Waals surface area contributed by atoms with Crippen LogP contribution in [0.2, 0.25) is 0 Å². The first kappa shape index (κ1) is 28.5. The van der Waals surface area contributed by atoms with Crippen LogP contribution in [0.4, 0.5) is 5.69 Å². The number of carbonyl (C=O) groups excluding carboxylic acids is 3. The molecule has 3 N–H and O–H groups in total. The number of benzene rings is 2. The largest absolute Gasteiger partial charge is 0.511 e. The molecular formula is C29H29N3O7. The molecule has 10 heteroatoms. The first-order valence-corrected chi connectivity index (χ1v) is 12.0. The summed E-state index contributed by atoms with van der Waals surface area (Å²) in [5.74, 6) is -0.924. The molecule has 0 saturated heterocycles. The topological polar surface area (TPSA) is 151 Å². The van der Waals surface area contributed by atoms with Gasteiger partial charge in [0.25, 0.3) is 5.91 Å². The van der Waals surface area contributed by atoms with Gasteiger partial charge in [0.15, 0.2) is 28.6 Å². The highest BCUT2D eigenvalue weighted by Gasteiger charge is 2.23. The Bertz CT molecular complexity index is 1540. The fourth-order valence-electron chi connectivity index (χ4n) is 3.88. The molecule has 39 heavy (non-hydrogen) atoms. The molecular weight excluding hydrogens is 502 g/mol. The Kier molecular flexibility index (Phi) is 9.12. The summed E-state index contributed by atoms with van der Waals surface area (Å²) in [6, 6.07) is 12.2. The Balaban J connectivity index is 1.80. The number of nitriles is 1. The second kappa shape index (κ2) is 12.5. The maximum Gasteiger partial charge on any atom is 0.269 e. The monoisotopic (exact) mass is 531 g/mol. The number of furan rings is 1. The lowest BCUT2D eigenvalue weighted by Gasteiger charge is -2.10. The van der Waals surface area contributed by atoms with Crippen LogP contribution in [0.1, 0.15) is 42.5 Å². The van der Waals surface area contributed by atoms with Crippen molar-refractivity contribution in [3.63, 3.8) is 0 Å². The number of carbonyl (C=O) groups is 3. The van der Waals surface area contributed by atoms with Crippen LogP contribution in [0.5, 0.6) is 11.5 Å². The maximum atomic E-state index is 12.6. The minimum Gasteiger partial charge on any atom is -0.511 e. The Labute approximate surface area is 225 Å². The van der Waals surface area contributed by atoms with Gasteiger partial charge in [-0.05, 0) is 61.2 Å². The summed E-state index contributed by atoms with van der Waals surface area (Å²) in [5.41, 5.74) is 2.17. The summed E-state index contributed by atoms with van der Waals surface area (Å²) in [6.45, 7) is 4.65. The van der Waals surface area contributed by atoms with Gasteiger partial charge in [0.1, 0.15) is 17.4 Å². The van der Waals surface area contributed by atoms with Crippen LogP contribution in [-0.4, -0.2) is 43.5 Å². The van der Waals surface area contributed by atoms with Crippen molar-refractivity contribution in [1.82, 2.24) is 5.32 Å². The third kappa shape index (κ3) is 6.64. The molecule has 0 atom stereocenters. The molecule has 1 heterocycles. The van der Waals surface area contributed by atoms with E-state index in [0.29, 0.717) is 46.6 Å². The molecule has 202 valence electrons. The molecule has 0 fully saturated rings. The third-order valence-corrected chi connectivity index (χ3v) is 5.91. The van der Waals surface area contributed by atoms with Gasteiger partial charge in [-0.15, -0.1) is 0 Å². The lowest BCUT2D eigenvalue weighted by molar-refractivity contribution is -0.116. The number of hydrogen-bond donors (Lipinski definition) is 3. The van der Waals surface area contributed by atoms with E-state index in [0.717, 1.165) is 5.56 Å². The average molecular weight is 532 g/mol. The smallest absolute Gasteiger partial charge is 0.269 e. The molecule has 0 saturated carbocycles. The zero-order chi connectivity index (χ0) is 28.7. The summed E-state index contributed by atoms with van der Waals surface area (Å²) in [7, 11) is 3.13. The number of nitrogens with one attached hydrogen (secondary N) is 2. The quantitative estimate of drug-likeness (QED) is 0.147. The Hall–Kier alpha value is -5.04. The molecule has 3 aromatic rings. The van der Waals surface area contributed by atoms with Gasteiger partial charge in [0.05, 0.1) is 19.9 Å². The van der Waals surface area contributed by atoms with Crippen LogP contribution in [0.15, 0.2) is 58.2 Å². The number of ether oxygens (including phenoxy) is 2. The number of rotatable bonds is 10. The second-order valence-corrected chi connectivity index (χ2v) is 8.66. The van der Waals surface area contributed by atoms with E-state index in [-0.39, 0.29) is 17.4 Å². The average Bonchev–Trinajstić information content (AvgIpc) is 3.26. The van der Waals surface area contributed by atoms with Crippen LogP contribution in [0.3, 0.4) is 0 Å². The lowest BCUT2D eigenvalue weighted by Crippen LogP contribution is -2.23. The van der Waals surface area contributed by atoms with E-state index in [9.17, 15) is 24.8 Å². The molecule has 0 aliphatic carbocycles. The predicted molar refractivity (Wildman–Crippen MR) is 146 cm³/mol. The molecule has 0 unspecified atom stereocenters. The Morgan fingerprint density at radius 3 is 2.38 bits per heavy atom. The van der Waals surface area contributed by atoms with Crippen LogP contribution in [0.25, 0.3) is 16.5 Å². The zero-order valence-electron chi connectivity index (χ0n) is 22.3. The highest BCUT2D eigenvalue weighted by molar-refractivity contribution is 6.15. The number of aliphatic hydroxyl groups excluding tert-OH is 1. The van der Waals surface area contributed by atoms with E-state index in [2.05, 4.69) is 10.6 Å². The lowest BCUT2D eigenvalue weighted by atomic mass is 10.0. The molecule has 1 aromatic heterocycles. The first-order chi connectivity index (χ1) is 18.6. The van der Waals surface area contributed by atoms with E-state index in [1.165, 1.54) is 19.9 Å². The van der Waals surface area contributed by atoms with Crippen molar-refractivity contribution in [2.24, 2.45) is 0 Å². The number of methoxy groups -OCH3 is 2. The van der Waals surface area contributed by atoms with Gasteiger partial charge >= 0.3 is 0 Å². The van der Waals surface area contributed by atoms with Crippen molar-refractivity contribution >= 4 is 39.8 Å². The van der Waals surface area contributed by atoms with Crippen LogP contribution < -0.4 is 20.1 Å². The number of hydrogen-bond acceptors (Lipinski definition) is 8. The summed E-state index contributed by atoms with van der Waals surface area (Å²) >= 11 is 0. The summed E-state index contributed by atoms with van der Waals surface area (Å²) in [6.07, 6.45) is 2.04. The molecule has 2 aromatic carbocycles. The molecule has 0 radical (unpaired) electrons. The number of fused-ring (bicyclic) bond motifs is 1. The van der Waals surface area contributed by atoms with Crippen molar-refractivity contribution in [2.45, 2.75) is 27.2 Å². The van der Waals surface area contributed by atoms with E-state index in [1.807, 2.05) is 18.2 Å². The van der Waals surface area contributed by atoms with Crippen molar-refractivity contribution in [1.29, 1.82) is 5.26 Å². The van der Waals surface area contributed by atoms with Gasteiger partial charge in [-0.25, -0.2) is 0 Å². The number of nitrogens with zero attached hydrogens (tertiary/aromatic N) is 1. The van der Waals surface area contributed by atoms with Gasteiger partial charge in [0.2, 0.25) is 5.91 Å². The van der Waals surface area contributed by atoms with E-state index >= 15 is 0 Å². The number of amides is 2. The summed E-state index contributed by atoms with van der Waals surface area (Å²) < 4.78 is 16.2. The molecule has 0 aliphatic heterocycles. The molecule has 0 spiro atoms. The van der Waals surface area contributed by atoms with Gasteiger partial charge in [-0.2, -0.15) is 5.26 Å². The Morgan fingerprint density at radius 2 is 1.77 bits per heavy atom. The summed E-state index contributed by atoms with van der Waals surface area (Å²) in [5, 5.41) is 24.6. The number of anilines is 1. The zero-order valence-corrected chi connectivity index (χ0v) is 22.3. The normalized spacial score (nSPS) is 11.8. The molecule has 0 bridgehead atoms. The fraction of sp³-hybridized carbons (Fsp3) is 0.241. The maximum absolute atomic E-state index is 12.6. The van der Waals surface area contributed by atoms with Crippen molar-refractivity contribution in [2.75, 3.05) is 26.1 Å². The first-order valence-electron chi connectivity index (χ1n) is 12.0. The minimum absolute atomic E-state index is 0.0746. The van der Waals surface area contributed by atoms with E-state index < -0.39 is 23.0 Å². The van der Waals surface area contributed by atoms with E-state index in [4.69, 9.17) is 13.9 Å². The van der Waals surface area contributed by atoms with Gasteiger partial charge < -0.3 is 29.6 Å². The molecule has 10 nitrogen and oxygen atoms in total. The van der Waals surface area contributed by atoms with Crippen LogP contribution >= 0.6 is 0 Å². The minimum atomic E-state index is -0.880. The van der Waals surface area contributed by atoms with Crippen molar-refractivity contribution in [3.05, 3.63) is 70.7 Å². The summed E-state index contributed by atoms with van der Waals surface area (Å²) in [4.78, 5) is 37.3. The standard InChI is InChI=1S/C29H29N3O7/c1-16(12-26(35)31-11-10-19-6-8-24(37-4)25(13-19)38-5)20-7-9-23-21(14-20)27(28(39-23)18(3)34)32-29(36)22(15-30)17(2)33/h6-9,12-14,33H,10-11H2,1-5H3,(H,31,35)(H,32,36). The van der Waals surface area contributed by atoms with Crippen LogP contribution in [-0.2, 0) is 16.0 Å². The highest BCUT2D eigenvalue weighted by Crippen LogP contribution is 2.34. The highest BCUT2D eigenvalue weighted by atomic mass is 16.5. The predicted octanol–water partition coefficient (Wildman–Crippen LogP) is 4.71. The van der Waals surface area contributed by atoms with Crippen LogP contribution in [0, 0.1) is 11.3 Å². The molecule has 3 rings (SSSR count). The molecule has 2 amide bonds. The number of Topliss-reactive ketones (excluding diaryl/α,β-unsaturated/α-hetero) is 1. The number of aliphatic hydroxyl groups is 1. The van der Waals surface area contributed by atoms with Gasteiger partial charge in [-0.1, -0.05) is 12.1 Å². The molecule has 0 aliphatic rings. The van der Waals surface area contributed by atoms with Gasteiger partial charge in [0, 0.05) is 24.9 Å².